The fourth-order valence-electron chi connectivity index (χ4n) is 1.85. The lowest BCUT2D eigenvalue weighted by molar-refractivity contribution is 0.171. The maximum absolute atomic E-state index is 9.75. The van der Waals surface area contributed by atoms with Gasteiger partial charge in [0.05, 0.1) is 6.10 Å². The van der Waals surface area contributed by atoms with Crippen LogP contribution in [0, 0.1) is 0 Å². The summed E-state index contributed by atoms with van der Waals surface area (Å²) < 4.78 is 10.7. The van der Waals surface area contributed by atoms with Gasteiger partial charge < -0.3 is 20.3 Å². The molecule has 1 aromatic carbocycles. The average Bonchev–Trinajstić information content (AvgIpc) is 2.74. The summed E-state index contributed by atoms with van der Waals surface area (Å²) in [5.74, 6) is 1.50. The third kappa shape index (κ3) is 1.66. The minimum absolute atomic E-state index is 0.215. The Labute approximate surface area is 88.6 Å². The number of fused-ring (bicyclic) bond motifs is 1. The number of nitrogens with two attached hydrogens (primary N) is 1. The molecule has 15 heavy (non-hydrogen) atoms. The highest BCUT2D eigenvalue weighted by molar-refractivity contribution is 5.52. The van der Waals surface area contributed by atoms with Gasteiger partial charge in [0.1, 0.15) is 0 Å². The molecule has 1 heterocycles. The van der Waals surface area contributed by atoms with Crippen molar-refractivity contribution in [1.82, 2.24) is 0 Å². The topological polar surface area (TPSA) is 64.7 Å². The third-order valence-corrected chi connectivity index (χ3v) is 2.61. The Balaban J connectivity index is 2.48. The van der Waals surface area contributed by atoms with E-state index in [-0.39, 0.29) is 13.3 Å². The molecule has 0 aromatic heterocycles. The zero-order valence-electron chi connectivity index (χ0n) is 8.69. The van der Waals surface area contributed by atoms with Gasteiger partial charge in [0, 0.05) is 12.1 Å². The first kappa shape index (κ1) is 10.3. The molecule has 3 N–H and O–H groups in total. The summed E-state index contributed by atoms with van der Waals surface area (Å²) >= 11 is 0. The van der Waals surface area contributed by atoms with Gasteiger partial charge in [0.2, 0.25) is 6.79 Å². The molecule has 1 aromatic rings. The number of aliphatic hydroxyl groups is 1. The molecule has 1 aliphatic rings. The minimum atomic E-state index is -0.630. The van der Waals surface area contributed by atoms with E-state index in [0.717, 1.165) is 29.0 Å². The van der Waals surface area contributed by atoms with Crippen LogP contribution < -0.4 is 15.2 Å². The van der Waals surface area contributed by atoms with Crippen LogP contribution in [-0.2, 0) is 6.42 Å². The van der Waals surface area contributed by atoms with E-state index in [1.807, 2.05) is 19.1 Å². The van der Waals surface area contributed by atoms with Crippen LogP contribution in [0.5, 0.6) is 11.5 Å². The van der Waals surface area contributed by atoms with E-state index in [1.165, 1.54) is 0 Å². The van der Waals surface area contributed by atoms with E-state index in [1.54, 1.807) is 0 Å². The van der Waals surface area contributed by atoms with Crippen LogP contribution in [0.25, 0.3) is 0 Å². The molecule has 1 aliphatic heterocycles. The van der Waals surface area contributed by atoms with Gasteiger partial charge in [0.25, 0.3) is 0 Å². The van der Waals surface area contributed by atoms with Gasteiger partial charge in [-0.05, 0) is 18.1 Å². The van der Waals surface area contributed by atoms with E-state index < -0.39 is 6.10 Å². The summed E-state index contributed by atoms with van der Waals surface area (Å²) in [5.41, 5.74) is 7.28. The number of benzene rings is 1. The van der Waals surface area contributed by atoms with Gasteiger partial charge in [-0.3, -0.25) is 0 Å². The number of hydrogen-bond donors (Lipinski definition) is 2. The second-order valence-corrected chi connectivity index (χ2v) is 3.47. The van der Waals surface area contributed by atoms with E-state index in [9.17, 15) is 5.11 Å². The predicted molar refractivity (Wildman–Crippen MR) is 56.0 cm³/mol. The third-order valence-electron chi connectivity index (χ3n) is 2.61. The lowest BCUT2D eigenvalue weighted by Gasteiger charge is -2.14. The fraction of sp³-hybridized carbons (Fsp3) is 0.455. The summed E-state index contributed by atoms with van der Waals surface area (Å²) in [6, 6.07) is 3.67. The maximum Gasteiger partial charge on any atom is 0.231 e. The summed E-state index contributed by atoms with van der Waals surface area (Å²) in [7, 11) is 0. The van der Waals surface area contributed by atoms with Crippen LogP contribution in [0.3, 0.4) is 0 Å². The summed E-state index contributed by atoms with van der Waals surface area (Å²) in [5, 5.41) is 9.75. The fourth-order valence-corrected chi connectivity index (χ4v) is 1.85. The number of hydrogen-bond acceptors (Lipinski definition) is 4. The van der Waals surface area contributed by atoms with Crippen LogP contribution >= 0.6 is 0 Å². The van der Waals surface area contributed by atoms with Crippen LogP contribution in [-0.4, -0.2) is 18.4 Å². The highest BCUT2D eigenvalue weighted by Crippen LogP contribution is 2.39. The zero-order chi connectivity index (χ0) is 10.8. The van der Waals surface area contributed by atoms with Crippen LogP contribution in [0.1, 0.15) is 24.2 Å². The molecule has 4 heteroatoms. The van der Waals surface area contributed by atoms with Crippen molar-refractivity contribution in [3.63, 3.8) is 0 Å². The van der Waals surface area contributed by atoms with Crippen molar-refractivity contribution in [2.45, 2.75) is 19.4 Å². The largest absolute Gasteiger partial charge is 0.454 e. The van der Waals surface area contributed by atoms with Gasteiger partial charge in [-0.2, -0.15) is 0 Å². The molecular weight excluding hydrogens is 194 g/mol. The van der Waals surface area contributed by atoms with Crippen molar-refractivity contribution >= 4 is 0 Å². The first-order valence-corrected chi connectivity index (χ1v) is 5.07. The molecule has 0 saturated heterocycles. The van der Waals surface area contributed by atoms with Gasteiger partial charge in [0.15, 0.2) is 11.5 Å². The lowest BCUT2D eigenvalue weighted by atomic mass is 9.99. The molecule has 0 spiro atoms. The normalized spacial score (nSPS) is 15.4. The molecule has 0 bridgehead atoms. The molecule has 1 atom stereocenters. The summed E-state index contributed by atoms with van der Waals surface area (Å²) in [6.45, 7) is 2.49. The van der Waals surface area contributed by atoms with Gasteiger partial charge >= 0.3 is 0 Å². The molecule has 0 aliphatic carbocycles. The highest BCUT2D eigenvalue weighted by atomic mass is 16.7. The van der Waals surface area contributed by atoms with Crippen molar-refractivity contribution < 1.29 is 14.6 Å². The van der Waals surface area contributed by atoms with E-state index in [4.69, 9.17) is 15.2 Å². The van der Waals surface area contributed by atoms with E-state index >= 15 is 0 Å². The Kier molecular flexibility index (Phi) is 2.79. The zero-order valence-corrected chi connectivity index (χ0v) is 8.69. The highest BCUT2D eigenvalue weighted by Gasteiger charge is 2.22. The summed E-state index contributed by atoms with van der Waals surface area (Å²) in [6.07, 6.45) is 0.160. The average molecular weight is 209 g/mol. The smallest absolute Gasteiger partial charge is 0.231 e. The van der Waals surface area contributed by atoms with E-state index in [0.29, 0.717) is 0 Å². The minimum Gasteiger partial charge on any atom is -0.454 e. The quantitative estimate of drug-likeness (QED) is 0.778. The monoisotopic (exact) mass is 209 g/mol. The molecule has 82 valence electrons. The Morgan fingerprint density at radius 2 is 2.27 bits per heavy atom. The molecule has 0 saturated carbocycles. The van der Waals surface area contributed by atoms with Crippen LogP contribution in [0.15, 0.2) is 12.1 Å². The molecule has 0 fully saturated rings. The first-order chi connectivity index (χ1) is 7.27. The number of aliphatic hydroxyl groups excluding tert-OH is 1. The second kappa shape index (κ2) is 4.08. The maximum atomic E-state index is 9.75. The molecule has 1 unspecified atom stereocenters. The second-order valence-electron chi connectivity index (χ2n) is 3.47. The molecule has 4 nitrogen and oxygen atoms in total. The number of ether oxygens (including phenoxy) is 2. The molecule has 2 rings (SSSR count). The Bertz CT molecular complexity index is 365. The Morgan fingerprint density at radius 1 is 1.47 bits per heavy atom. The van der Waals surface area contributed by atoms with Crippen LogP contribution in [0.2, 0.25) is 0 Å². The lowest BCUT2D eigenvalue weighted by Crippen LogP contribution is -2.13. The summed E-state index contributed by atoms with van der Waals surface area (Å²) in [4.78, 5) is 0. The predicted octanol–water partition coefficient (Wildman–Crippen LogP) is 0.970. The Hall–Kier alpha value is -1.26. The number of rotatable bonds is 3. The van der Waals surface area contributed by atoms with Crippen molar-refractivity contribution in [3.05, 3.63) is 23.3 Å². The van der Waals surface area contributed by atoms with Crippen molar-refractivity contribution in [1.29, 1.82) is 0 Å². The SMILES string of the molecule is CCc1c(C(O)CN)ccc2c1OCO2. The van der Waals surface area contributed by atoms with Gasteiger partial charge in [-0.1, -0.05) is 13.0 Å². The Morgan fingerprint density at radius 3 is 2.93 bits per heavy atom. The molecular formula is C11H15NO3. The molecule has 0 radical (unpaired) electrons. The first-order valence-electron chi connectivity index (χ1n) is 5.07. The molecule has 0 amide bonds. The van der Waals surface area contributed by atoms with Gasteiger partial charge in [-0.15, -0.1) is 0 Å². The standard InChI is InChI=1S/C11H15NO3/c1-2-7-8(9(13)5-12)3-4-10-11(7)15-6-14-10/h3-4,9,13H,2,5-6,12H2,1H3. The van der Waals surface area contributed by atoms with E-state index in [2.05, 4.69) is 0 Å². The van der Waals surface area contributed by atoms with Crippen molar-refractivity contribution in [2.75, 3.05) is 13.3 Å². The van der Waals surface area contributed by atoms with Crippen molar-refractivity contribution in [2.24, 2.45) is 5.73 Å². The van der Waals surface area contributed by atoms with Crippen LogP contribution in [0.4, 0.5) is 0 Å². The van der Waals surface area contributed by atoms with Crippen molar-refractivity contribution in [3.8, 4) is 11.5 Å². The van der Waals surface area contributed by atoms with Gasteiger partial charge in [-0.25, -0.2) is 0 Å².